The van der Waals surface area contributed by atoms with E-state index in [1.807, 2.05) is 0 Å². The standard InChI is InChI=1S/C11H10F2N2O/c12-7-1-2-10(13)9(5-7)11-6-8(3-4-14)16-15-11/h1-2,5-6H,3-4,14H2. The molecule has 0 saturated heterocycles. The number of nitrogens with two attached hydrogens (primary N) is 1. The van der Waals surface area contributed by atoms with Gasteiger partial charge in [0, 0.05) is 18.1 Å². The molecule has 0 atom stereocenters. The summed E-state index contributed by atoms with van der Waals surface area (Å²) in [6.45, 7) is 0.417. The number of aromatic nitrogens is 1. The van der Waals surface area contributed by atoms with E-state index in [-0.39, 0.29) is 11.3 Å². The third kappa shape index (κ3) is 2.09. The fourth-order valence-electron chi connectivity index (χ4n) is 1.39. The van der Waals surface area contributed by atoms with Crippen molar-refractivity contribution in [3.63, 3.8) is 0 Å². The van der Waals surface area contributed by atoms with Crippen LogP contribution in [0.1, 0.15) is 5.76 Å². The van der Waals surface area contributed by atoms with Crippen molar-refractivity contribution in [2.24, 2.45) is 5.73 Å². The van der Waals surface area contributed by atoms with E-state index in [9.17, 15) is 8.78 Å². The zero-order valence-corrected chi connectivity index (χ0v) is 8.41. The van der Waals surface area contributed by atoms with Crippen molar-refractivity contribution in [1.29, 1.82) is 0 Å². The molecular weight excluding hydrogens is 214 g/mol. The predicted molar refractivity (Wildman–Crippen MR) is 54.6 cm³/mol. The molecule has 5 heteroatoms. The van der Waals surface area contributed by atoms with E-state index >= 15 is 0 Å². The van der Waals surface area contributed by atoms with Crippen LogP contribution in [0, 0.1) is 11.6 Å². The molecule has 0 aliphatic carbocycles. The second kappa shape index (κ2) is 4.40. The van der Waals surface area contributed by atoms with E-state index in [0.29, 0.717) is 18.7 Å². The Bertz CT molecular complexity index is 496. The van der Waals surface area contributed by atoms with Crippen LogP contribution < -0.4 is 5.73 Å². The largest absolute Gasteiger partial charge is 0.361 e. The Morgan fingerprint density at radius 1 is 1.25 bits per heavy atom. The summed E-state index contributed by atoms with van der Waals surface area (Å²) in [7, 11) is 0. The minimum Gasteiger partial charge on any atom is -0.361 e. The Balaban J connectivity index is 2.38. The molecule has 0 aliphatic rings. The molecule has 0 spiro atoms. The van der Waals surface area contributed by atoms with Crippen LogP contribution in [-0.4, -0.2) is 11.7 Å². The fraction of sp³-hybridized carbons (Fsp3) is 0.182. The SMILES string of the molecule is NCCc1cc(-c2cc(F)ccc2F)no1. The van der Waals surface area contributed by atoms with Gasteiger partial charge in [-0.3, -0.25) is 0 Å². The van der Waals surface area contributed by atoms with Crippen LogP contribution in [0.15, 0.2) is 28.8 Å². The average molecular weight is 224 g/mol. The van der Waals surface area contributed by atoms with Gasteiger partial charge in [-0.05, 0) is 24.7 Å². The molecule has 0 fully saturated rings. The smallest absolute Gasteiger partial charge is 0.138 e. The second-order valence-corrected chi connectivity index (χ2v) is 3.34. The topological polar surface area (TPSA) is 52.0 Å². The van der Waals surface area contributed by atoms with Crippen molar-refractivity contribution >= 4 is 0 Å². The van der Waals surface area contributed by atoms with Gasteiger partial charge in [-0.1, -0.05) is 5.16 Å². The zero-order chi connectivity index (χ0) is 11.5. The molecule has 0 bridgehead atoms. The highest BCUT2D eigenvalue weighted by atomic mass is 19.1. The minimum atomic E-state index is -0.533. The monoisotopic (exact) mass is 224 g/mol. The Kier molecular flexibility index (Phi) is 2.96. The first kappa shape index (κ1) is 10.8. The third-order valence-electron chi connectivity index (χ3n) is 2.15. The van der Waals surface area contributed by atoms with Crippen LogP contribution in [-0.2, 0) is 6.42 Å². The van der Waals surface area contributed by atoms with Crippen LogP contribution in [0.25, 0.3) is 11.3 Å². The summed E-state index contributed by atoms with van der Waals surface area (Å²) in [5.41, 5.74) is 5.71. The maximum absolute atomic E-state index is 13.4. The number of hydrogen-bond donors (Lipinski definition) is 1. The first-order valence-corrected chi connectivity index (χ1v) is 4.82. The zero-order valence-electron chi connectivity index (χ0n) is 8.41. The van der Waals surface area contributed by atoms with E-state index < -0.39 is 11.6 Å². The Morgan fingerprint density at radius 3 is 2.81 bits per heavy atom. The van der Waals surface area contributed by atoms with Gasteiger partial charge in [0.25, 0.3) is 0 Å². The van der Waals surface area contributed by atoms with Crippen molar-refractivity contribution in [2.75, 3.05) is 6.54 Å². The first-order valence-electron chi connectivity index (χ1n) is 4.82. The third-order valence-corrected chi connectivity index (χ3v) is 2.15. The summed E-state index contributed by atoms with van der Waals surface area (Å²) in [5.74, 6) is -0.491. The molecule has 1 aromatic heterocycles. The Hall–Kier alpha value is -1.75. The van der Waals surface area contributed by atoms with Crippen LogP contribution in [0.5, 0.6) is 0 Å². The molecule has 2 N–H and O–H groups in total. The van der Waals surface area contributed by atoms with E-state index in [2.05, 4.69) is 5.16 Å². The summed E-state index contributed by atoms with van der Waals surface area (Å²) in [4.78, 5) is 0. The van der Waals surface area contributed by atoms with Crippen molar-refractivity contribution < 1.29 is 13.3 Å². The number of halogens is 2. The Morgan fingerprint density at radius 2 is 2.06 bits per heavy atom. The molecule has 2 rings (SSSR count). The van der Waals surface area contributed by atoms with Gasteiger partial charge in [0.1, 0.15) is 23.1 Å². The molecule has 2 aromatic rings. The van der Waals surface area contributed by atoms with Crippen molar-refractivity contribution in [3.8, 4) is 11.3 Å². The van der Waals surface area contributed by atoms with E-state index in [0.717, 1.165) is 18.2 Å². The normalized spacial score (nSPS) is 10.7. The number of hydrogen-bond acceptors (Lipinski definition) is 3. The van der Waals surface area contributed by atoms with Gasteiger partial charge in [0.15, 0.2) is 0 Å². The summed E-state index contributed by atoms with van der Waals surface area (Å²) >= 11 is 0. The summed E-state index contributed by atoms with van der Waals surface area (Å²) in [6.07, 6.45) is 0.518. The van der Waals surface area contributed by atoms with Crippen molar-refractivity contribution in [3.05, 3.63) is 41.7 Å². The van der Waals surface area contributed by atoms with Gasteiger partial charge < -0.3 is 10.3 Å². The van der Waals surface area contributed by atoms with Gasteiger partial charge >= 0.3 is 0 Å². The molecule has 3 nitrogen and oxygen atoms in total. The van der Waals surface area contributed by atoms with Crippen LogP contribution in [0.3, 0.4) is 0 Å². The van der Waals surface area contributed by atoms with Gasteiger partial charge in [-0.25, -0.2) is 8.78 Å². The lowest BCUT2D eigenvalue weighted by molar-refractivity contribution is 0.386. The summed E-state index contributed by atoms with van der Waals surface area (Å²) in [6, 6.07) is 4.76. The predicted octanol–water partition coefficient (Wildman–Crippen LogP) is 2.12. The maximum Gasteiger partial charge on any atom is 0.138 e. The van der Waals surface area contributed by atoms with E-state index in [1.165, 1.54) is 0 Å². The summed E-state index contributed by atoms with van der Waals surface area (Å²) < 4.78 is 31.3. The van der Waals surface area contributed by atoms with Gasteiger partial charge in [-0.2, -0.15) is 0 Å². The molecule has 0 radical (unpaired) electrons. The van der Waals surface area contributed by atoms with Crippen LogP contribution in [0.4, 0.5) is 8.78 Å². The highest BCUT2D eigenvalue weighted by Gasteiger charge is 2.11. The van der Waals surface area contributed by atoms with Crippen molar-refractivity contribution in [2.45, 2.75) is 6.42 Å². The van der Waals surface area contributed by atoms with Gasteiger partial charge in [0.05, 0.1) is 0 Å². The lowest BCUT2D eigenvalue weighted by Crippen LogP contribution is -2.01. The number of rotatable bonds is 3. The number of benzene rings is 1. The molecular formula is C11H10F2N2O. The highest BCUT2D eigenvalue weighted by Crippen LogP contribution is 2.23. The number of nitrogens with zero attached hydrogens (tertiary/aromatic N) is 1. The molecule has 1 aromatic carbocycles. The van der Waals surface area contributed by atoms with Gasteiger partial charge in [0.2, 0.25) is 0 Å². The van der Waals surface area contributed by atoms with E-state index in [1.54, 1.807) is 6.07 Å². The van der Waals surface area contributed by atoms with Crippen LogP contribution in [0.2, 0.25) is 0 Å². The maximum atomic E-state index is 13.4. The molecule has 0 amide bonds. The minimum absolute atomic E-state index is 0.0898. The first-order chi connectivity index (χ1) is 7.70. The lowest BCUT2D eigenvalue weighted by Gasteiger charge is -1.97. The van der Waals surface area contributed by atoms with E-state index in [4.69, 9.17) is 10.3 Å². The second-order valence-electron chi connectivity index (χ2n) is 3.34. The average Bonchev–Trinajstić information content (AvgIpc) is 2.71. The van der Waals surface area contributed by atoms with Crippen molar-refractivity contribution in [1.82, 2.24) is 5.16 Å². The quantitative estimate of drug-likeness (QED) is 0.868. The fourth-order valence-corrected chi connectivity index (χ4v) is 1.39. The molecule has 0 aliphatic heterocycles. The van der Waals surface area contributed by atoms with Gasteiger partial charge in [-0.15, -0.1) is 0 Å². The summed E-state index contributed by atoms with van der Waals surface area (Å²) in [5, 5.41) is 3.67. The molecule has 0 saturated carbocycles. The Labute approximate surface area is 90.9 Å². The van der Waals surface area contributed by atoms with Crippen LogP contribution >= 0.6 is 0 Å². The molecule has 0 unspecified atom stereocenters. The molecule has 84 valence electrons. The lowest BCUT2D eigenvalue weighted by atomic mass is 10.1. The highest BCUT2D eigenvalue weighted by molar-refractivity contribution is 5.59. The molecule has 1 heterocycles. The molecule has 16 heavy (non-hydrogen) atoms.